The monoisotopic (exact) mass is 248 g/mol. The molecule has 96 valence electrons. The zero-order chi connectivity index (χ0) is 13.1. The maximum absolute atomic E-state index is 11.9. The number of nitrogens with two attached hydrogens (primary N) is 1. The molecule has 0 atom stereocenters. The Bertz CT molecular complexity index is 528. The van der Waals surface area contributed by atoms with E-state index in [1.165, 1.54) is 0 Å². The molecule has 0 bridgehead atoms. The minimum atomic E-state index is -0.295. The van der Waals surface area contributed by atoms with Crippen LogP contribution in [0.3, 0.4) is 0 Å². The number of hydrogen-bond donors (Lipinski definition) is 4. The number of rotatable bonds is 4. The molecule has 0 aliphatic carbocycles. The van der Waals surface area contributed by atoms with E-state index in [9.17, 15) is 4.79 Å². The van der Waals surface area contributed by atoms with E-state index in [-0.39, 0.29) is 17.5 Å². The lowest BCUT2D eigenvalue weighted by atomic mass is 10.1. The van der Waals surface area contributed by atoms with Gasteiger partial charge in [0.1, 0.15) is 0 Å². The molecule has 2 rings (SSSR count). The number of hydrogen-bond acceptors (Lipinski definition) is 4. The Morgan fingerprint density at radius 3 is 2.89 bits per heavy atom. The second-order valence-corrected chi connectivity index (χ2v) is 4.34. The van der Waals surface area contributed by atoms with Crippen molar-refractivity contribution >= 4 is 11.6 Å². The summed E-state index contributed by atoms with van der Waals surface area (Å²) in [6, 6.07) is 0. The highest BCUT2D eigenvalue weighted by atomic mass is 16.1. The van der Waals surface area contributed by atoms with Crippen LogP contribution >= 0.6 is 0 Å². The Morgan fingerprint density at radius 1 is 1.56 bits per heavy atom. The van der Waals surface area contributed by atoms with Gasteiger partial charge in [0.2, 0.25) is 0 Å². The van der Waals surface area contributed by atoms with Gasteiger partial charge < -0.3 is 11.1 Å². The van der Waals surface area contributed by atoms with Crippen LogP contribution in [-0.4, -0.2) is 26.3 Å². The Balaban J connectivity index is 2.05. The zero-order valence-corrected chi connectivity index (χ0v) is 10.3. The third-order valence-electron chi connectivity index (χ3n) is 2.63. The fraction of sp³-hybridized carbons (Fsp3) is 0.364. The predicted molar refractivity (Wildman–Crippen MR) is 66.8 cm³/mol. The van der Waals surface area contributed by atoms with Crippen molar-refractivity contribution in [1.82, 2.24) is 25.7 Å². The van der Waals surface area contributed by atoms with Crippen LogP contribution in [-0.2, 0) is 6.54 Å². The Hall–Kier alpha value is -2.31. The molecular formula is C11H16N6O. The largest absolute Gasteiger partial charge is 0.395 e. The average Bonchev–Trinajstić information content (AvgIpc) is 2.94. The summed E-state index contributed by atoms with van der Waals surface area (Å²) in [6.45, 7) is 4.35. The zero-order valence-electron chi connectivity index (χ0n) is 10.3. The van der Waals surface area contributed by atoms with Gasteiger partial charge in [0, 0.05) is 18.3 Å². The summed E-state index contributed by atoms with van der Waals surface area (Å²) in [6.07, 6.45) is 3.36. The van der Waals surface area contributed by atoms with E-state index in [4.69, 9.17) is 5.73 Å². The molecule has 5 N–H and O–H groups in total. The molecule has 2 heterocycles. The third-order valence-corrected chi connectivity index (χ3v) is 2.63. The van der Waals surface area contributed by atoms with Crippen molar-refractivity contribution in [2.45, 2.75) is 26.3 Å². The molecule has 0 saturated carbocycles. The summed E-state index contributed by atoms with van der Waals surface area (Å²) in [5, 5.41) is 15.9. The fourth-order valence-electron chi connectivity index (χ4n) is 1.62. The number of nitrogen functional groups attached to an aromatic ring is 1. The lowest BCUT2D eigenvalue weighted by Crippen LogP contribution is -2.24. The van der Waals surface area contributed by atoms with Gasteiger partial charge in [-0.05, 0) is 5.92 Å². The van der Waals surface area contributed by atoms with Crippen molar-refractivity contribution in [3.8, 4) is 0 Å². The second-order valence-electron chi connectivity index (χ2n) is 4.34. The van der Waals surface area contributed by atoms with Crippen molar-refractivity contribution in [1.29, 1.82) is 0 Å². The molecule has 2 aromatic rings. The highest BCUT2D eigenvalue weighted by Gasteiger charge is 2.18. The van der Waals surface area contributed by atoms with Gasteiger partial charge in [0.25, 0.3) is 5.91 Å². The number of nitrogens with zero attached hydrogens (tertiary/aromatic N) is 2. The maximum atomic E-state index is 11.9. The van der Waals surface area contributed by atoms with Crippen LogP contribution in [0.25, 0.3) is 0 Å². The van der Waals surface area contributed by atoms with Crippen LogP contribution in [0.5, 0.6) is 0 Å². The molecule has 7 heteroatoms. The standard InChI is InChI=1S/C11H16N6O/c1-6(2)9-8(12)10(17-16-9)11(18)13-3-7-4-14-15-5-7/h4-6H,3,12H2,1-2H3,(H,13,18)(H,14,15)(H,16,17). The van der Waals surface area contributed by atoms with Gasteiger partial charge >= 0.3 is 0 Å². The predicted octanol–water partition coefficient (Wildman–Crippen LogP) is 0.768. The van der Waals surface area contributed by atoms with E-state index in [1.807, 2.05) is 13.8 Å². The van der Waals surface area contributed by atoms with Gasteiger partial charge in [-0.2, -0.15) is 10.2 Å². The molecule has 0 aliphatic heterocycles. The number of H-pyrrole nitrogens is 2. The Labute approximate surface area is 104 Å². The number of anilines is 1. The number of carbonyl (C=O) groups is 1. The first kappa shape index (κ1) is 12.2. The van der Waals surface area contributed by atoms with E-state index in [1.54, 1.807) is 12.4 Å². The van der Waals surface area contributed by atoms with Gasteiger partial charge in [0.15, 0.2) is 5.69 Å². The highest BCUT2D eigenvalue weighted by molar-refractivity contribution is 5.97. The first-order chi connectivity index (χ1) is 8.59. The molecule has 7 nitrogen and oxygen atoms in total. The van der Waals surface area contributed by atoms with Crippen LogP contribution < -0.4 is 11.1 Å². The minimum absolute atomic E-state index is 0.202. The van der Waals surface area contributed by atoms with Crippen molar-refractivity contribution in [3.05, 3.63) is 29.3 Å². The number of amides is 1. The van der Waals surface area contributed by atoms with E-state index in [0.717, 1.165) is 11.3 Å². The van der Waals surface area contributed by atoms with Gasteiger partial charge in [-0.15, -0.1) is 0 Å². The first-order valence-electron chi connectivity index (χ1n) is 5.69. The molecular weight excluding hydrogens is 232 g/mol. The summed E-state index contributed by atoms with van der Waals surface area (Å²) in [4.78, 5) is 11.9. The Kier molecular flexibility index (Phi) is 3.31. The van der Waals surface area contributed by atoms with Crippen molar-refractivity contribution in [2.24, 2.45) is 0 Å². The third kappa shape index (κ3) is 2.34. The number of aromatic amines is 2. The molecule has 18 heavy (non-hydrogen) atoms. The van der Waals surface area contributed by atoms with Crippen molar-refractivity contribution < 1.29 is 4.79 Å². The molecule has 2 aromatic heterocycles. The summed E-state index contributed by atoms with van der Waals surface area (Å²) < 4.78 is 0. The topological polar surface area (TPSA) is 112 Å². The van der Waals surface area contributed by atoms with Crippen LogP contribution in [0.15, 0.2) is 12.4 Å². The van der Waals surface area contributed by atoms with Gasteiger partial charge in [0.05, 0.1) is 17.6 Å². The fourth-order valence-corrected chi connectivity index (χ4v) is 1.62. The van der Waals surface area contributed by atoms with Crippen molar-refractivity contribution in [3.63, 3.8) is 0 Å². The van der Waals surface area contributed by atoms with Gasteiger partial charge in [-0.25, -0.2) is 0 Å². The molecule has 0 unspecified atom stereocenters. The van der Waals surface area contributed by atoms with E-state index >= 15 is 0 Å². The normalized spacial score (nSPS) is 10.8. The molecule has 1 amide bonds. The van der Waals surface area contributed by atoms with E-state index in [0.29, 0.717) is 12.2 Å². The Morgan fingerprint density at radius 2 is 2.33 bits per heavy atom. The van der Waals surface area contributed by atoms with Crippen LogP contribution in [0.2, 0.25) is 0 Å². The number of carbonyl (C=O) groups excluding carboxylic acids is 1. The summed E-state index contributed by atoms with van der Waals surface area (Å²) in [7, 11) is 0. The summed E-state index contributed by atoms with van der Waals surface area (Å²) in [5.74, 6) is -0.0928. The summed E-state index contributed by atoms with van der Waals surface area (Å²) in [5.41, 5.74) is 8.20. The van der Waals surface area contributed by atoms with E-state index < -0.39 is 0 Å². The van der Waals surface area contributed by atoms with Crippen molar-refractivity contribution in [2.75, 3.05) is 5.73 Å². The summed E-state index contributed by atoms with van der Waals surface area (Å²) >= 11 is 0. The van der Waals surface area contributed by atoms with Gasteiger partial charge in [-0.1, -0.05) is 13.8 Å². The number of aromatic nitrogens is 4. The number of nitrogens with one attached hydrogen (secondary N) is 3. The quantitative estimate of drug-likeness (QED) is 0.640. The minimum Gasteiger partial charge on any atom is -0.395 e. The smallest absolute Gasteiger partial charge is 0.274 e. The SMILES string of the molecule is CC(C)c1[nH]nc(C(=O)NCc2cn[nH]c2)c1N. The molecule has 0 aliphatic rings. The molecule has 0 fully saturated rings. The van der Waals surface area contributed by atoms with Crippen LogP contribution in [0.4, 0.5) is 5.69 Å². The second kappa shape index (κ2) is 4.91. The molecule has 0 spiro atoms. The van der Waals surface area contributed by atoms with Crippen LogP contribution in [0.1, 0.15) is 41.5 Å². The lowest BCUT2D eigenvalue weighted by Gasteiger charge is -2.03. The highest BCUT2D eigenvalue weighted by Crippen LogP contribution is 2.21. The van der Waals surface area contributed by atoms with Gasteiger partial charge in [-0.3, -0.25) is 15.0 Å². The maximum Gasteiger partial charge on any atom is 0.274 e. The van der Waals surface area contributed by atoms with E-state index in [2.05, 4.69) is 25.7 Å². The first-order valence-corrected chi connectivity index (χ1v) is 5.69. The molecule has 0 radical (unpaired) electrons. The lowest BCUT2D eigenvalue weighted by molar-refractivity contribution is 0.0947. The molecule has 0 saturated heterocycles. The van der Waals surface area contributed by atoms with Crippen LogP contribution in [0, 0.1) is 0 Å². The molecule has 0 aromatic carbocycles. The average molecular weight is 248 g/mol.